The molecule has 0 unspecified atom stereocenters. The zero-order valence-corrected chi connectivity index (χ0v) is 17.7. The highest BCUT2D eigenvalue weighted by atomic mass is 16.3. The second-order valence-electron chi connectivity index (χ2n) is 7.85. The van der Waals surface area contributed by atoms with Crippen LogP contribution in [0.5, 0.6) is 0 Å². The number of fused-ring (bicyclic) bond motifs is 1. The number of nitrogens with zero attached hydrogens (tertiary/aromatic N) is 5. The fraction of sp³-hybridized carbons (Fsp3) is 0.304. The van der Waals surface area contributed by atoms with E-state index in [-0.39, 0.29) is 25.3 Å². The van der Waals surface area contributed by atoms with E-state index in [1.165, 1.54) is 11.2 Å². The fourth-order valence-corrected chi connectivity index (χ4v) is 3.90. The first-order valence-electron chi connectivity index (χ1n) is 10.3. The molecule has 0 spiro atoms. The van der Waals surface area contributed by atoms with Crippen LogP contribution in [0.15, 0.2) is 36.2 Å². The van der Waals surface area contributed by atoms with Crippen LogP contribution in [-0.2, 0) is 11.3 Å². The third kappa shape index (κ3) is 3.82. The average Bonchev–Trinajstić information content (AvgIpc) is 3.08. The molecule has 164 valence electrons. The highest BCUT2D eigenvalue weighted by molar-refractivity contribution is 6.08. The van der Waals surface area contributed by atoms with Crippen molar-refractivity contribution in [2.75, 3.05) is 25.4 Å². The molecule has 1 fully saturated rings. The van der Waals surface area contributed by atoms with Gasteiger partial charge in [0, 0.05) is 31.8 Å². The van der Waals surface area contributed by atoms with Crippen molar-refractivity contribution in [3.05, 3.63) is 47.4 Å². The largest absolute Gasteiger partial charge is 0.396 e. The van der Waals surface area contributed by atoms with E-state index in [0.717, 1.165) is 16.7 Å². The van der Waals surface area contributed by atoms with E-state index in [2.05, 4.69) is 9.97 Å². The van der Waals surface area contributed by atoms with Gasteiger partial charge in [-0.2, -0.15) is 5.26 Å². The Bertz CT molecular complexity index is 1230. The van der Waals surface area contributed by atoms with Gasteiger partial charge in [-0.1, -0.05) is 29.8 Å². The van der Waals surface area contributed by atoms with Crippen molar-refractivity contribution in [3.63, 3.8) is 0 Å². The molecule has 0 atom stereocenters. The van der Waals surface area contributed by atoms with Gasteiger partial charge in [0.1, 0.15) is 29.4 Å². The van der Waals surface area contributed by atoms with Crippen molar-refractivity contribution in [3.8, 4) is 17.2 Å². The van der Waals surface area contributed by atoms with Crippen LogP contribution in [0.4, 0.5) is 5.82 Å². The molecule has 0 aliphatic carbocycles. The SMILES string of the molecule is Cc1ccc(-c2c(C=C(C#N)C(=O)N3CC(O)C3)n(CCCO)c3ncnc(N)c23)cc1. The number of β-amino-alcohol motifs (C(OH)–C–C–N with tert-alkyl or cyclic N) is 1. The number of nitriles is 1. The van der Waals surface area contributed by atoms with Crippen LogP contribution in [0.25, 0.3) is 28.2 Å². The van der Waals surface area contributed by atoms with E-state index < -0.39 is 12.0 Å². The molecular weight excluding hydrogens is 408 g/mol. The number of aryl methyl sites for hydroxylation is 2. The number of likely N-dealkylation sites (tertiary alicyclic amines) is 1. The molecule has 1 aliphatic heterocycles. The predicted molar refractivity (Wildman–Crippen MR) is 120 cm³/mol. The van der Waals surface area contributed by atoms with E-state index in [4.69, 9.17) is 5.73 Å². The number of rotatable bonds is 6. The number of hydrogen-bond donors (Lipinski definition) is 3. The molecule has 0 saturated carbocycles. The number of aromatic nitrogens is 3. The molecule has 4 rings (SSSR count). The Kier molecular flexibility index (Phi) is 5.90. The lowest BCUT2D eigenvalue weighted by Gasteiger charge is -2.35. The summed E-state index contributed by atoms with van der Waals surface area (Å²) in [7, 11) is 0. The molecule has 0 bridgehead atoms. The topological polar surface area (TPSA) is 141 Å². The summed E-state index contributed by atoms with van der Waals surface area (Å²) < 4.78 is 1.86. The van der Waals surface area contributed by atoms with Crippen LogP contribution < -0.4 is 5.73 Å². The molecule has 1 amide bonds. The Morgan fingerprint density at radius 2 is 2.03 bits per heavy atom. The summed E-state index contributed by atoms with van der Waals surface area (Å²) in [5.74, 6) is -0.149. The van der Waals surface area contributed by atoms with Crippen molar-refractivity contribution in [1.82, 2.24) is 19.4 Å². The summed E-state index contributed by atoms with van der Waals surface area (Å²) in [6.45, 7) is 2.78. The van der Waals surface area contributed by atoms with Gasteiger partial charge in [0.25, 0.3) is 5.91 Å². The van der Waals surface area contributed by atoms with Gasteiger partial charge in [0.15, 0.2) is 0 Å². The van der Waals surface area contributed by atoms with Crippen molar-refractivity contribution in [1.29, 1.82) is 5.26 Å². The second-order valence-corrected chi connectivity index (χ2v) is 7.85. The number of benzene rings is 1. The first kappa shape index (κ1) is 21.5. The Hall–Kier alpha value is -3.74. The predicted octanol–water partition coefficient (Wildman–Crippen LogP) is 1.48. The lowest BCUT2D eigenvalue weighted by molar-refractivity contribution is -0.136. The molecule has 9 heteroatoms. The number of carbonyl (C=O) groups is 1. The van der Waals surface area contributed by atoms with Crippen LogP contribution in [0.3, 0.4) is 0 Å². The quantitative estimate of drug-likeness (QED) is 0.396. The van der Waals surface area contributed by atoms with Crippen LogP contribution in [0, 0.1) is 18.3 Å². The molecule has 32 heavy (non-hydrogen) atoms. The lowest BCUT2D eigenvalue weighted by atomic mass is 10.00. The minimum absolute atomic E-state index is 0.0288. The maximum absolute atomic E-state index is 12.8. The van der Waals surface area contributed by atoms with Gasteiger partial charge in [-0.15, -0.1) is 0 Å². The normalized spacial score (nSPS) is 14.4. The molecular formula is C23H24N6O3. The van der Waals surface area contributed by atoms with Gasteiger partial charge in [0.05, 0.1) is 17.2 Å². The van der Waals surface area contributed by atoms with Gasteiger partial charge < -0.3 is 25.4 Å². The number of anilines is 1. The Balaban J connectivity index is 1.97. The highest BCUT2D eigenvalue weighted by Gasteiger charge is 2.31. The third-order valence-electron chi connectivity index (χ3n) is 5.57. The maximum atomic E-state index is 12.8. The van der Waals surface area contributed by atoms with E-state index in [9.17, 15) is 20.3 Å². The number of amides is 1. The minimum atomic E-state index is -0.562. The smallest absolute Gasteiger partial charge is 0.264 e. The van der Waals surface area contributed by atoms with E-state index in [0.29, 0.717) is 35.5 Å². The van der Waals surface area contributed by atoms with E-state index in [1.54, 1.807) is 6.08 Å². The number of hydrogen-bond acceptors (Lipinski definition) is 7. The number of nitrogens with two attached hydrogens (primary N) is 1. The van der Waals surface area contributed by atoms with Crippen molar-refractivity contribution >= 4 is 28.8 Å². The fourth-order valence-electron chi connectivity index (χ4n) is 3.90. The van der Waals surface area contributed by atoms with Gasteiger partial charge in [-0.05, 0) is 25.0 Å². The van der Waals surface area contributed by atoms with Crippen LogP contribution in [0.1, 0.15) is 17.7 Å². The Morgan fingerprint density at radius 3 is 2.66 bits per heavy atom. The maximum Gasteiger partial charge on any atom is 0.264 e. The third-order valence-corrected chi connectivity index (χ3v) is 5.57. The first-order chi connectivity index (χ1) is 15.4. The number of nitrogen functional groups attached to an aromatic ring is 1. The van der Waals surface area contributed by atoms with Crippen molar-refractivity contribution < 1.29 is 15.0 Å². The Morgan fingerprint density at radius 1 is 1.31 bits per heavy atom. The van der Waals surface area contributed by atoms with Gasteiger partial charge >= 0.3 is 0 Å². The number of aliphatic hydroxyl groups is 2. The summed E-state index contributed by atoms with van der Waals surface area (Å²) in [4.78, 5) is 22.8. The zero-order chi connectivity index (χ0) is 22.8. The molecule has 4 N–H and O–H groups in total. The minimum Gasteiger partial charge on any atom is -0.396 e. The highest BCUT2D eigenvalue weighted by Crippen LogP contribution is 2.38. The van der Waals surface area contributed by atoms with E-state index in [1.807, 2.05) is 41.8 Å². The molecule has 3 heterocycles. The summed E-state index contributed by atoms with van der Waals surface area (Å²) in [6, 6.07) is 9.84. The van der Waals surface area contributed by atoms with Crippen molar-refractivity contribution in [2.24, 2.45) is 0 Å². The summed E-state index contributed by atoms with van der Waals surface area (Å²) >= 11 is 0. The van der Waals surface area contributed by atoms with Gasteiger partial charge in [-0.3, -0.25) is 4.79 Å². The second kappa shape index (κ2) is 8.78. The first-order valence-corrected chi connectivity index (χ1v) is 10.3. The average molecular weight is 432 g/mol. The zero-order valence-electron chi connectivity index (χ0n) is 17.7. The summed E-state index contributed by atoms with van der Waals surface area (Å²) in [6.07, 6.45) is 2.81. The van der Waals surface area contributed by atoms with Crippen LogP contribution >= 0.6 is 0 Å². The summed E-state index contributed by atoms with van der Waals surface area (Å²) in [5.41, 5.74) is 10.0. The van der Waals surface area contributed by atoms with Gasteiger partial charge in [-0.25, -0.2) is 9.97 Å². The monoisotopic (exact) mass is 432 g/mol. The number of aliphatic hydroxyl groups excluding tert-OH is 2. The molecule has 3 aromatic rings. The standard InChI is InChI=1S/C23H24N6O3/c1-14-3-5-15(6-4-14)19-18(9-16(10-24)23(32)28-11-17(31)12-28)29(7-2-8-30)22-20(19)21(25)26-13-27-22/h3-6,9,13,17,30-31H,2,7-8,11-12H2,1H3,(H2,25,26,27). The molecule has 0 radical (unpaired) electrons. The molecule has 1 saturated heterocycles. The van der Waals surface area contributed by atoms with Crippen LogP contribution in [0.2, 0.25) is 0 Å². The number of carbonyl (C=O) groups excluding carboxylic acids is 1. The van der Waals surface area contributed by atoms with E-state index >= 15 is 0 Å². The molecule has 1 aromatic carbocycles. The molecule has 1 aliphatic rings. The van der Waals surface area contributed by atoms with Crippen molar-refractivity contribution in [2.45, 2.75) is 26.0 Å². The molecule has 2 aromatic heterocycles. The molecule has 9 nitrogen and oxygen atoms in total. The summed E-state index contributed by atoms with van der Waals surface area (Å²) in [5, 5.41) is 29.4. The van der Waals surface area contributed by atoms with Gasteiger partial charge in [0.2, 0.25) is 0 Å². The lowest BCUT2D eigenvalue weighted by Crippen LogP contribution is -2.53. The Labute approximate surface area is 185 Å². The van der Waals surface area contributed by atoms with Crippen LogP contribution in [-0.4, -0.2) is 61.4 Å².